The van der Waals surface area contributed by atoms with Crippen molar-refractivity contribution in [3.8, 4) is 17.0 Å². The van der Waals surface area contributed by atoms with Crippen LogP contribution in [0.25, 0.3) is 27.8 Å². The van der Waals surface area contributed by atoms with Gasteiger partial charge in [-0.1, -0.05) is 19.9 Å². The number of H-pyrrole nitrogens is 1. The smallest absolute Gasteiger partial charge is 0.203 e. The average Bonchev–Trinajstić information content (AvgIpc) is 3.37. The summed E-state index contributed by atoms with van der Waals surface area (Å²) in [6.07, 6.45) is 6.26. The van der Waals surface area contributed by atoms with E-state index in [1.54, 1.807) is 13.4 Å². The van der Waals surface area contributed by atoms with Crippen LogP contribution in [0.2, 0.25) is 0 Å². The Bertz CT molecular complexity index is 1200. The predicted octanol–water partition coefficient (Wildman–Crippen LogP) is 4.82. The summed E-state index contributed by atoms with van der Waals surface area (Å²) in [7, 11) is 3.89. The van der Waals surface area contributed by atoms with Crippen molar-refractivity contribution in [1.82, 2.24) is 24.5 Å². The Labute approximate surface area is 176 Å². The van der Waals surface area contributed by atoms with E-state index < -0.39 is 0 Å². The number of rotatable bonds is 4. The van der Waals surface area contributed by atoms with Gasteiger partial charge in [-0.05, 0) is 74.1 Å². The van der Waals surface area contributed by atoms with E-state index in [9.17, 15) is 0 Å². The second-order valence-corrected chi connectivity index (χ2v) is 8.81. The molecule has 4 aromatic rings. The number of benzene rings is 1. The van der Waals surface area contributed by atoms with Gasteiger partial charge in [0, 0.05) is 22.7 Å². The van der Waals surface area contributed by atoms with Crippen molar-refractivity contribution in [3.05, 3.63) is 47.9 Å². The maximum Gasteiger partial charge on any atom is 0.203 e. The van der Waals surface area contributed by atoms with Crippen LogP contribution in [0.5, 0.6) is 5.75 Å². The molecule has 0 atom stereocenters. The van der Waals surface area contributed by atoms with Gasteiger partial charge in [0.25, 0.3) is 0 Å². The van der Waals surface area contributed by atoms with E-state index in [1.807, 2.05) is 4.40 Å². The zero-order chi connectivity index (χ0) is 20.8. The lowest BCUT2D eigenvalue weighted by Gasteiger charge is -2.29. The van der Waals surface area contributed by atoms with Crippen molar-refractivity contribution in [2.75, 3.05) is 27.2 Å². The number of hydrogen-bond donors (Lipinski definition) is 1. The van der Waals surface area contributed by atoms with Crippen molar-refractivity contribution in [1.29, 1.82) is 0 Å². The number of hydrogen-bond acceptors (Lipinski definition) is 4. The number of pyridine rings is 1. The Morgan fingerprint density at radius 3 is 2.70 bits per heavy atom. The molecule has 1 aromatic carbocycles. The minimum atomic E-state index is 0.393. The molecule has 3 aromatic heterocycles. The summed E-state index contributed by atoms with van der Waals surface area (Å²) >= 11 is 0. The average molecular weight is 404 g/mol. The van der Waals surface area contributed by atoms with E-state index in [-0.39, 0.29) is 0 Å². The third-order valence-corrected chi connectivity index (χ3v) is 6.50. The van der Waals surface area contributed by atoms with Crippen LogP contribution in [0.4, 0.5) is 0 Å². The van der Waals surface area contributed by atoms with Crippen LogP contribution < -0.4 is 4.74 Å². The Hall–Kier alpha value is -2.86. The highest BCUT2D eigenvalue weighted by Crippen LogP contribution is 2.39. The third kappa shape index (κ3) is 3.16. The van der Waals surface area contributed by atoms with E-state index in [0.29, 0.717) is 11.8 Å². The normalized spacial score (nSPS) is 16.2. The van der Waals surface area contributed by atoms with Gasteiger partial charge in [0.05, 0.1) is 12.8 Å². The Morgan fingerprint density at radius 1 is 1.17 bits per heavy atom. The maximum absolute atomic E-state index is 5.59. The molecule has 4 heterocycles. The van der Waals surface area contributed by atoms with Gasteiger partial charge in [-0.25, -0.2) is 0 Å². The van der Waals surface area contributed by atoms with E-state index in [4.69, 9.17) is 4.74 Å². The Balaban J connectivity index is 1.65. The summed E-state index contributed by atoms with van der Waals surface area (Å²) in [5.74, 6) is 1.77. The van der Waals surface area contributed by atoms with Gasteiger partial charge in [0.1, 0.15) is 6.33 Å². The first-order chi connectivity index (χ1) is 14.5. The van der Waals surface area contributed by atoms with Crippen LogP contribution in [0.1, 0.15) is 49.7 Å². The molecule has 1 fully saturated rings. The quantitative estimate of drug-likeness (QED) is 0.531. The van der Waals surface area contributed by atoms with Gasteiger partial charge in [0.15, 0.2) is 5.75 Å². The van der Waals surface area contributed by atoms with Gasteiger partial charge < -0.3 is 14.6 Å². The minimum absolute atomic E-state index is 0.393. The number of methoxy groups -OCH3 is 1. The minimum Gasteiger partial charge on any atom is -0.493 e. The van der Waals surface area contributed by atoms with Crippen LogP contribution in [-0.2, 0) is 0 Å². The molecule has 0 amide bonds. The highest BCUT2D eigenvalue weighted by molar-refractivity contribution is 5.92. The van der Waals surface area contributed by atoms with Crippen molar-refractivity contribution in [2.24, 2.45) is 0 Å². The SMILES string of the molecule is COc1cc(-c2[nH]c3ccc(C4CCN(C)CC4)cc3c2C(C)C)cn2cnnc12. The summed E-state index contributed by atoms with van der Waals surface area (Å²) in [6, 6.07) is 9.05. The van der Waals surface area contributed by atoms with Crippen molar-refractivity contribution >= 4 is 16.6 Å². The van der Waals surface area contributed by atoms with Crippen LogP contribution in [0.3, 0.4) is 0 Å². The first-order valence-corrected chi connectivity index (χ1v) is 10.8. The number of likely N-dealkylation sites (tertiary alicyclic amines) is 1. The number of ether oxygens (including phenoxy) is 1. The van der Waals surface area contributed by atoms with Gasteiger partial charge in [-0.15, -0.1) is 10.2 Å². The second-order valence-electron chi connectivity index (χ2n) is 8.81. The highest BCUT2D eigenvalue weighted by Gasteiger charge is 2.22. The number of fused-ring (bicyclic) bond motifs is 2. The molecule has 0 unspecified atom stereocenters. The van der Waals surface area contributed by atoms with E-state index >= 15 is 0 Å². The fourth-order valence-electron chi connectivity index (χ4n) is 4.85. The van der Waals surface area contributed by atoms with Crippen molar-refractivity contribution in [2.45, 2.75) is 38.5 Å². The second kappa shape index (κ2) is 7.43. The van der Waals surface area contributed by atoms with Crippen LogP contribution >= 0.6 is 0 Å². The monoisotopic (exact) mass is 403 g/mol. The van der Waals surface area contributed by atoms with Gasteiger partial charge in [0.2, 0.25) is 5.65 Å². The molecule has 0 saturated carbocycles. The summed E-state index contributed by atoms with van der Waals surface area (Å²) in [5.41, 5.74) is 6.97. The molecule has 6 nitrogen and oxygen atoms in total. The summed E-state index contributed by atoms with van der Waals surface area (Å²) in [6.45, 7) is 6.89. The van der Waals surface area contributed by atoms with E-state index in [0.717, 1.165) is 22.7 Å². The highest BCUT2D eigenvalue weighted by atomic mass is 16.5. The molecule has 0 spiro atoms. The molecule has 30 heavy (non-hydrogen) atoms. The molecular weight excluding hydrogens is 374 g/mol. The molecule has 1 aliphatic heterocycles. The first kappa shape index (κ1) is 19.1. The Morgan fingerprint density at radius 2 is 1.97 bits per heavy atom. The van der Waals surface area contributed by atoms with E-state index in [1.165, 1.54) is 48.0 Å². The summed E-state index contributed by atoms with van der Waals surface area (Å²) in [5, 5.41) is 9.53. The lowest BCUT2D eigenvalue weighted by molar-refractivity contribution is 0.255. The molecule has 0 aliphatic carbocycles. The fraction of sp³-hybridized carbons (Fsp3) is 0.417. The molecule has 6 heteroatoms. The summed E-state index contributed by atoms with van der Waals surface area (Å²) in [4.78, 5) is 6.12. The number of piperidine rings is 1. The summed E-state index contributed by atoms with van der Waals surface area (Å²) < 4.78 is 7.51. The molecule has 0 radical (unpaired) electrons. The lowest BCUT2D eigenvalue weighted by atomic mass is 9.88. The zero-order valence-electron chi connectivity index (χ0n) is 18.1. The number of aromatic amines is 1. The fourth-order valence-corrected chi connectivity index (χ4v) is 4.85. The third-order valence-electron chi connectivity index (χ3n) is 6.50. The first-order valence-electron chi connectivity index (χ1n) is 10.8. The van der Waals surface area contributed by atoms with Crippen LogP contribution in [-0.4, -0.2) is 51.7 Å². The number of nitrogens with one attached hydrogen (secondary N) is 1. The lowest BCUT2D eigenvalue weighted by Crippen LogP contribution is -2.29. The van der Waals surface area contributed by atoms with Gasteiger partial charge in [-0.3, -0.25) is 4.40 Å². The number of aromatic nitrogens is 4. The molecule has 5 rings (SSSR count). The van der Waals surface area contributed by atoms with Crippen molar-refractivity contribution in [3.63, 3.8) is 0 Å². The largest absolute Gasteiger partial charge is 0.493 e. The van der Waals surface area contributed by atoms with Crippen LogP contribution in [0.15, 0.2) is 36.8 Å². The van der Waals surface area contributed by atoms with E-state index in [2.05, 4.69) is 71.4 Å². The maximum atomic E-state index is 5.59. The standard InChI is InChI=1S/C24H29N5O/c1-15(2)22-19-11-17(16-7-9-28(3)10-8-16)5-6-20(19)26-23(22)18-12-21(30-4)24-27-25-14-29(24)13-18/h5-6,11-16,26H,7-10H2,1-4H3. The topological polar surface area (TPSA) is 58.5 Å². The molecule has 0 bridgehead atoms. The van der Waals surface area contributed by atoms with Crippen molar-refractivity contribution < 1.29 is 4.74 Å². The molecule has 1 saturated heterocycles. The zero-order valence-corrected chi connectivity index (χ0v) is 18.1. The Kier molecular flexibility index (Phi) is 4.74. The molecule has 156 valence electrons. The van der Waals surface area contributed by atoms with Gasteiger partial charge >= 0.3 is 0 Å². The molecular formula is C24H29N5O. The van der Waals surface area contributed by atoms with Crippen LogP contribution in [0, 0.1) is 0 Å². The molecule has 1 N–H and O–H groups in total. The number of nitrogens with zero attached hydrogens (tertiary/aromatic N) is 4. The predicted molar refractivity (Wildman–Crippen MR) is 120 cm³/mol. The molecule has 1 aliphatic rings. The van der Waals surface area contributed by atoms with Gasteiger partial charge in [-0.2, -0.15) is 0 Å².